The van der Waals surface area contributed by atoms with Gasteiger partial charge in [-0.25, -0.2) is 9.18 Å². The van der Waals surface area contributed by atoms with Crippen molar-refractivity contribution >= 4 is 5.97 Å². The Kier molecular flexibility index (Phi) is 4.08. The average Bonchev–Trinajstić information content (AvgIpc) is 3.15. The highest BCUT2D eigenvalue weighted by molar-refractivity contribution is 5.80. The Morgan fingerprint density at radius 2 is 1.95 bits per heavy atom. The predicted molar refractivity (Wildman–Crippen MR) is 81.0 cm³/mol. The number of halogens is 1. The molecular weight excluding hydrogens is 285 g/mol. The molecule has 0 amide bonds. The minimum atomic E-state index is -2.21. The lowest BCUT2D eigenvalue weighted by Gasteiger charge is -2.23. The molecule has 0 aromatic heterocycles. The molecular formula is C17H22FNO3. The second kappa shape index (κ2) is 5.88. The number of methoxy groups -OCH3 is 1. The highest BCUT2D eigenvalue weighted by Gasteiger charge is 2.55. The molecule has 5 heteroatoms. The van der Waals surface area contributed by atoms with E-state index < -0.39 is 17.6 Å². The first kappa shape index (κ1) is 15.3. The van der Waals surface area contributed by atoms with E-state index in [1.165, 1.54) is 0 Å². The van der Waals surface area contributed by atoms with E-state index in [0.717, 1.165) is 31.2 Å². The van der Waals surface area contributed by atoms with Crippen molar-refractivity contribution in [2.45, 2.75) is 43.3 Å². The number of ether oxygens (including phenoxy) is 1. The normalized spacial score (nSPS) is 29.8. The average molecular weight is 307 g/mol. The molecule has 1 aromatic rings. The summed E-state index contributed by atoms with van der Waals surface area (Å²) >= 11 is 0. The number of carboxylic acid groups (broad SMARTS) is 1. The first-order chi connectivity index (χ1) is 10.5. The smallest absolute Gasteiger partial charge is 0.343 e. The Morgan fingerprint density at radius 1 is 1.32 bits per heavy atom. The maximum Gasteiger partial charge on any atom is 0.343 e. The zero-order valence-electron chi connectivity index (χ0n) is 12.8. The summed E-state index contributed by atoms with van der Waals surface area (Å²) in [6, 6.07) is 7.40. The van der Waals surface area contributed by atoms with Gasteiger partial charge in [0.1, 0.15) is 5.75 Å². The number of likely N-dealkylation sites (tertiary alicyclic amines) is 1. The summed E-state index contributed by atoms with van der Waals surface area (Å²) in [5.41, 5.74) is -1.48. The molecule has 1 N–H and O–H groups in total. The largest absolute Gasteiger partial charge is 0.497 e. The van der Waals surface area contributed by atoms with Crippen LogP contribution in [0.5, 0.6) is 5.75 Å². The van der Waals surface area contributed by atoms with E-state index in [-0.39, 0.29) is 6.54 Å². The summed E-state index contributed by atoms with van der Waals surface area (Å²) in [7, 11) is 1.57. The number of aliphatic carboxylic acids is 1. The number of benzene rings is 1. The number of hydrogen-bond donors (Lipinski definition) is 1. The van der Waals surface area contributed by atoms with Gasteiger partial charge in [0.15, 0.2) is 0 Å². The van der Waals surface area contributed by atoms with Gasteiger partial charge in [0.2, 0.25) is 5.67 Å². The van der Waals surface area contributed by atoms with Gasteiger partial charge in [-0.1, -0.05) is 25.0 Å². The van der Waals surface area contributed by atoms with Gasteiger partial charge in [-0.3, -0.25) is 4.90 Å². The SMILES string of the molecule is COc1ccc([C@@H]2CN(C3CCCC3)C[C@@]2(F)C(=O)O)cc1. The summed E-state index contributed by atoms with van der Waals surface area (Å²) in [6.45, 7) is 0.462. The molecule has 1 saturated carbocycles. The fourth-order valence-electron chi connectivity index (χ4n) is 3.82. The van der Waals surface area contributed by atoms with Crippen LogP contribution in [0.25, 0.3) is 0 Å². The Labute approximate surface area is 129 Å². The van der Waals surface area contributed by atoms with Crippen LogP contribution < -0.4 is 4.74 Å². The molecule has 22 heavy (non-hydrogen) atoms. The molecule has 1 aromatic carbocycles. The fraction of sp³-hybridized carbons (Fsp3) is 0.588. The third kappa shape index (κ3) is 2.58. The number of alkyl halides is 1. The Balaban J connectivity index is 1.87. The van der Waals surface area contributed by atoms with Crippen LogP contribution in [0.2, 0.25) is 0 Å². The molecule has 1 heterocycles. The fourth-order valence-corrected chi connectivity index (χ4v) is 3.82. The van der Waals surface area contributed by atoms with Gasteiger partial charge in [0.05, 0.1) is 7.11 Å². The summed E-state index contributed by atoms with van der Waals surface area (Å²) in [6.07, 6.45) is 4.40. The second-order valence-corrected chi connectivity index (χ2v) is 6.36. The van der Waals surface area contributed by atoms with E-state index in [1.807, 2.05) is 4.90 Å². The van der Waals surface area contributed by atoms with Crippen LogP contribution in [0.15, 0.2) is 24.3 Å². The molecule has 120 valence electrons. The van der Waals surface area contributed by atoms with Crippen molar-refractivity contribution in [2.75, 3.05) is 20.2 Å². The van der Waals surface area contributed by atoms with Crippen molar-refractivity contribution in [3.05, 3.63) is 29.8 Å². The van der Waals surface area contributed by atoms with Crippen LogP contribution in [0.1, 0.15) is 37.2 Å². The number of hydrogen-bond acceptors (Lipinski definition) is 3. The monoisotopic (exact) mass is 307 g/mol. The Hall–Kier alpha value is -1.62. The van der Waals surface area contributed by atoms with Gasteiger partial charge < -0.3 is 9.84 Å². The molecule has 3 rings (SSSR count). The lowest BCUT2D eigenvalue weighted by atomic mass is 9.86. The number of nitrogens with zero attached hydrogens (tertiary/aromatic N) is 1. The van der Waals surface area contributed by atoms with E-state index in [4.69, 9.17) is 4.74 Å². The lowest BCUT2D eigenvalue weighted by Crippen LogP contribution is -2.42. The third-order valence-electron chi connectivity index (χ3n) is 5.12. The molecule has 0 spiro atoms. The number of carbonyl (C=O) groups is 1. The topological polar surface area (TPSA) is 49.8 Å². The van der Waals surface area contributed by atoms with E-state index >= 15 is 4.39 Å². The maximum absolute atomic E-state index is 15.2. The summed E-state index contributed by atoms with van der Waals surface area (Å²) in [4.78, 5) is 13.6. The van der Waals surface area contributed by atoms with Crippen molar-refractivity contribution in [1.82, 2.24) is 4.90 Å². The van der Waals surface area contributed by atoms with Gasteiger partial charge in [-0.2, -0.15) is 0 Å². The highest BCUT2D eigenvalue weighted by atomic mass is 19.1. The molecule has 0 bridgehead atoms. The van der Waals surface area contributed by atoms with Gasteiger partial charge in [-0.05, 0) is 30.5 Å². The first-order valence-electron chi connectivity index (χ1n) is 7.85. The van der Waals surface area contributed by atoms with Gasteiger partial charge in [0.25, 0.3) is 0 Å². The molecule has 2 aliphatic rings. The molecule has 1 aliphatic carbocycles. The van der Waals surface area contributed by atoms with E-state index in [1.54, 1.807) is 31.4 Å². The minimum absolute atomic E-state index is 0.0102. The second-order valence-electron chi connectivity index (χ2n) is 6.36. The molecule has 2 atom stereocenters. The van der Waals surface area contributed by atoms with E-state index in [0.29, 0.717) is 18.3 Å². The van der Waals surface area contributed by atoms with Crippen LogP contribution in [0.4, 0.5) is 4.39 Å². The number of carboxylic acids is 1. The lowest BCUT2D eigenvalue weighted by molar-refractivity contribution is -0.151. The summed E-state index contributed by atoms with van der Waals surface area (Å²) in [5.74, 6) is -1.29. The maximum atomic E-state index is 15.2. The Morgan fingerprint density at radius 3 is 2.50 bits per heavy atom. The zero-order valence-corrected chi connectivity index (χ0v) is 12.8. The third-order valence-corrected chi connectivity index (χ3v) is 5.12. The standard InChI is InChI=1S/C17H22FNO3/c1-22-14-8-6-12(7-9-14)15-10-19(13-4-2-3-5-13)11-17(15,18)16(20)21/h6-9,13,15H,2-5,10-11H2,1H3,(H,20,21)/t15-,17-/m0/s1. The van der Waals surface area contributed by atoms with Crippen molar-refractivity contribution in [1.29, 1.82) is 0 Å². The predicted octanol–water partition coefficient (Wildman–Crippen LogP) is 2.83. The van der Waals surface area contributed by atoms with Crippen molar-refractivity contribution < 1.29 is 19.0 Å². The van der Waals surface area contributed by atoms with Crippen LogP contribution >= 0.6 is 0 Å². The van der Waals surface area contributed by atoms with E-state index in [9.17, 15) is 9.90 Å². The molecule has 0 unspecified atom stereocenters. The molecule has 1 aliphatic heterocycles. The summed E-state index contributed by atoms with van der Waals surface area (Å²) in [5, 5.41) is 9.44. The molecule has 2 fully saturated rings. The summed E-state index contributed by atoms with van der Waals surface area (Å²) < 4.78 is 20.3. The minimum Gasteiger partial charge on any atom is -0.497 e. The number of rotatable bonds is 4. The van der Waals surface area contributed by atoms with Crippen LogP contribution in [0, 0.1) is 0 Å². The highest BCUT2D eigenvalue weighted by Crippen LogP contribution is 2.42. The first-order valence-corrected chi connectivity index (χ1v) is 7.85. The quantitative estimate of drug-likeness (QED) is 0.929. The molecule has 0 radical (unpaired) electrons. The Bertz CT molecular complexity index is 541. The van der Waals surface area contributed by atoms with Crippen LogP contribution in [-0.2, 0) is 4.79 Å². The zero-order chi connectivity index (χ0) is 15.7. The van der Waals surface area contributed by atoms with E-state index in [2.05, 4.69) is 0 Å². The van der Waals surface area contributed by atoms with Crippen molar-refractivity contribution in [3.8, 4) is 5.75 Å². The van der Waals surface area contributed by atoms with Gasteiger partial charge in [0, 0.05) is 25.0 Å². The van der Waals surface area contributed by atoms with Crippen molar-refractivity contribution in [3.63, 3.8) is 0 Å². The van der Waals surface area contributed by atoms with Gasteiger partial charge in [-0.15, -0.1) is 0 Å². The molecule has 1 saturated heterocycles. The van der Waals surface area contributed by atoms with Crippen LogP contribution in [0.3, 0.4) is 0 Å². The van der Waals surface area contributed by atoms with Crippen molar-refractivity contribution in [2.24, 2.45) is 0 Å². The van der Waals surface area contributed by atoms with Gasteiger partial charge >= 0.3 is 5.97 Å². The molecule has 4 nitrogen and oxygen atoms in total. The van der Waals surface area contributed by atoms with Crippen LogP contribution in [-0.4, -0.2) is 47.9 Å².